The average molecular weight is 240 g/mol. The topological polar surface area (TPSA) is 58.2 Å². The van der Waals surface area contributed by atoms with Crippen molar-refractivity contribution < 1.29 is 8.42 Å². The SMILES string of the molecule is CCNS(=O)(=O)c1ccc2c(c1)CC(C)N2. The van der Waals surface area contributed by atoms with Crippen molar-refractivity contribution in [1.29, 1.82) is 0 Å². The summed E-state index contributed by atoms with van der Waals surface area (Å²) in [6.45, 7) is 4.26. The molecule has 0 aromatic heterocycles. The van der Waals surface area contributed by atoms with Gasteiger partial charge < -0.3 is 5.32 Å². The maximum atomic E-state index is 11.8. The van der Waals surface area contributed by atoms with Crippen LogP contribution in [0.3, 0.4) is 0 Å². The molecule has 2 rings (SSSR count). The number of nitrogens with one attached hydrogen (secondary N) is 2. The van der Waals surface area contributed by atoms with Crippen LogP contribution >= 0.6 is 0 Å². The predicted molar refractivity (Wildman–Crippen MR) is 64.1 cm³/mol. The molecule has 0 fully saturated rings. The van der Waals surface area contributed by atoms with Gasteiger partial charge in [-0.2, -0.15) is 0 Å². The van der Waals surface area contributed by atoms with Gasteiger partial charge in [-0.05, 0) is 37.1 Å². The lowest BCUT2D eigenvalue weighted by molar-refractivity contribution is 0.584. The predicted octanol–water partition coefficient (Wildman–Crippen LogP) is 1.34. The van der Waals surface area contributed by atoms with E-state index in [0.717, 1.165) is 17.7 Å². The van der Waals surface area contributed by atoms with Gasteiger partial charge in [-0.25, -0.2) is 13.1 Å². The second-order valence-corrected chi connectivity index (χ2v) is 5.84. The highest BCUT2D eigenvalue weighted by Crippen LogP contribution is 2.27. The van der Waals surface area contributed by atoms with E-state index in [4.69, 9.17) is 0 Å². The number of fused-ring (bicyclic) bond motifs is 1. The number of sulfonamides is 1. The third-order valence-electron chi connectivity index (χ3n) is 2.65. The average Bonchev–Trinajstić information content (AvgIpc) is 2.56. The maximum absolute atomic E-state index is 11.8. The summed E-state index contributed by atoms with van der Waals surface area (Å²) in [4.78, 5) is 0.351. The van der Waals surface area contributed by atoms with Gasteiger partial charge in [-0.15, -0.1) is 0 Å². The Morgan fingerprint density at radius 2 is 2.25 bits per heavy atom. The Labute approximate surface area is 96.1 Å². The molecule has 1 aliphatic heterocycles. The molecule has 0 bridgehead atoms. The molecule has 1 aromatic rings. The van der Waals surface area contributed by atoms with Crippen molar-refractivity contribution in [3.8, 4) is 0 Å². The molecule has 1 unspecified atom stereocenters. The Balaban J connectivity index is 2.36. The van der Waals surface area contributed by atoms with E-state index >= 15 is 0 Å². The van der Waals surface area contributed by atoms with Crippen molar-refractivity contribution in [2.24, 2.45) is 0 Å². The Hall–Kier alpha value is -1.07. The summed E-state index contributed by atoms with van der Waals surface area (Å²) in [5.74, 6) is 0. The summed E-state index contributed by atoms with van der Waals surface area (Å²) >= 11 is 0. The van der Waals surface area contributed by atoms with Crippen LogP contribution in [0, 0.1) is 0 Å². The van der Waals surface area contributed by atoms with Crippen LogP contribution in [0.1, 0.15) is 19.4 Å². The Morgan fingerprint density at radius 1 is 1.50 bits per heavy atom. The van der Waals surface area contributed by atoms with Crippen LogP contribution in [0.2, 0.25) is 0 Å². The van der Waals surface area contributed by atoms with Crippen LogP contribution in [-0.4, -0.2) is 21.0 Å². The molecule has 0 aliphatic carbocycles. The quantitative estimate of drug-likeness (QED) is 0.838. The maximum Gasteiger partial charge on any atom is 0.240 e. The van der Waals surface area contributed by atoms with Gasteiger partial charge in [0.1, 0.15) is 0 Å². The van der Waals surface area contributed by atoms with Crippen LogP contribution < -0.4 is 10.0 Å². The van der Waals surface area contributed by atoms with Crippen LogP contribution in [0.4, 0.5) is 5.69 Å². The fourth-order valence-electron chi connectivity index (χ4n) is 1.97. The molecule has 1 atom stereocenters. The fraction of sp³-hybridized carbons (Fsp3) is 0.455. The van der Waals surface area contributed by atoms with Crippen molar-refractivity contribution in [2.45, 2.75) is 31.2 Å². The lowest BCUT2D eigenvalue weighted by Crippen LogP contribution is -2.23. The molecule has 16 heavy (non-hydrogen) atoms. The van der Waals surface area contributed by atoms with Gasteiger partial charge in [0.25, 0.3) is 0 Å². The lowest BCUT2D eigenvalue weighted by atomic mass is 10.1. The zero-order chi connectivity index (χ0) is 11.8. The fourth-order valence-corrected chi connectivity index (χ4v) is 3.06. The summed E-state index contributed by atoms with van der Waals surface area (Å²) < 4.78 is 26.1. The minimum atomic E-state index is -3.33. The molecule has 1 aromatic carbocycles. The molecule has 88 valence electrons. The monoisotopic (exact) mass is 240 g/mol. The van der Waals surface area contributed by atoms with E-state index in [0.29, 0.717) is 17.5 Å². The van der Waals surface area contributed by atoms with Crippen molar-refractivity contribution in [3.05, 3.63) is 23.8 Å². The highest BCUT2D eigenvalue weighted by Gasteiger charge is 2.20. The van der Waals surface area contributed by atoms with Gasteiger partial charge >= 0.3 is 0 Å². The first kappa shape index (κ1) is 11.4. The van der Waals surface area contributed by atoms with Crippen LogP contribution in [0.5, 0.6) is 0 Å². The molecule has 0 saturated heterocycles. The minimum Gasteiger partial charge on any atom is -0.382 e. The minimum absolute atomic E-state index is 0.351. The summed E-state index contributed by atoms with van der Waals surface area (Å²) in [5, 5.41) is 3.29. The zero-order valence-corrected chi connectivity index (χ0v) is 10.3. The van der Waals surface area contributed by atoms with Crippen molar-refractivity contribution in [2.75, 3.05) is 11.9 Å². The summed E-state index contributed by atoms with van der Waals surface area (Å²) in [7, 11) is -3.33. The largest absolute Gasteiger partial charge is 0.382 e. The van der Waals surface area contributed by atoms with Crippen molar-refractivity contribution in [1.82, 2.24) is 4.72 Å². The van der Waals surface area contributed by atoms with E-state index < -0.39 is 10.0 Å². The number of anilines is 1. The Kier molecular flexibility index (Phi) is 2.90. The van der Waals surface area contributed by atoms with E-state index in [1.807, 2.05) is 6.07 Å². The first-order chi connectivity index (χ1) is 7.53. The second kappa shape index (κ2) is 4.07. The van der Waals surface area contributed by atoms with Crippen molar-refractivity contribution in [3.63, 3.8) is 0 Å². The van der Waals surface area contributed by atoms with E-state index in [1.165, 1.54) is 0 Å². The van der Waals surface area contributed by atoms with Gasteiger partial charge in [-0.3, -0.25) is 0 Å². The first-order valence-electron chi connectivity index (χ1n) is 5.42. The van der Waals surface area contributed by atoms with Gasteiger partial charge in [0.05, 0.1) is 4.90 Å². The van der Waals surface area contributed by atoms with Gasteiger partial charge in [0.2, 0.25) is 10.0 Å². The molecule has 0 amide bonds. The molecule has 0 radical (unpaired) electrons. The van der Waals surface area contributed by atoms with Gasteiger partial charge in [0, 0.05) is 18.3 Å². The summed E-state index contributed by atoms with van der Waals surface area (Å²) in [6, 6.07) is 5.61. The number of benzene rings is 1. The standard InChI is InChI=1S/C11H16N2O2S/c1-3-12-16(14,15)10-4-5-11-9(7-10)6-8(2)13-11/h4-5,7-8,12-13H,3,6H2,1-2H3. The summed E-state index contributed by atoms with van der Waals surface area (Å²) in [6.07, 6.45) is 0.880. The molecular weight excluding hydrogens is 224 g/mol. The van der Waals surface area contributed by atoms with E-state index in [1.54, 1.807) is 19.1 Å². The van der Waals surface area contributed by atoms with Gasteiger partial charge in [0.15, 0.2) is 0 Å². The molecule has 4 nitrogen and oxygen atoms in total. The third-order valence-corrected chi connectivity index (χ3v) is 4.19. The molecular formula is C11H16N2O2S. The van der Waals surface area contributed by atoms with Crippen LogP contribution in [-0.2, 0) is 16.4 Å². The first-order valence-corrected chi connectivity index (χ1v) is 6.90. The Bertz CT molecular complexity index is 497. The smallest absolute Gasteiger partial charge is 0.240 e. The Morgan fingerprint density at radius 3 is 2.94 bits per heavy atom. The molecule has 2 N–H and O–H groups in total. The normalized spacial score (nSPS) is 19.2. The van der Waals surface area contributed by atoms with E-state index in [2.05, 4.69) is 17.0 Å². The number of hydrogen-bond donors (Lipinski definition) is 2. The number of rotatable bonds is 3. The zero-order valence-electron chi connectivity index (χ0n) is 9.45. The molecule has 1 aliphatic rings. The lowest BCUT2D eigenvalue weighted by Gasteiger charge is -2.06. The van der Waals surface area contributed by atoms with E-state index in [-0.39, 0.29) is 0 Å². The highest BCUT2D eigenvalue weighted by molar-refractivity contribution is 7.89. The van der Waals surface area contributed by atoms with Crippen LogP contribution in [0.25, 0.3) is 0 Å². The third kappa shape index (κ3) is 2.05. The molecule has 5 heteroatoms. The highest BCUT2D eigenvalue weighted by atomic mass is 32.2. The molecule has 0 saturated carbocycles. The van der Waals surface area contributed by atoms with Gasteiger partial charge in [-0.1, -0.05) is 6.92 Å². The second-order valence-electron chi connectivity index (χ2n) is 4.07. The van der Waals surface area contributed by atoms with Crippen molar-refractivity contribution >= 4 is 15.7 Å². The number of hydrogen-bond acceptors (Lipinski definition) is 3. The summed E-state index contributed by atoms with van der Waals surface area (Å²) in [5.41, 5.74) is 2.12. The van der Waals surface area contributed by atoms with Crippen LogP contribution in [0.15, 0.2) is 23.1 Å². The molecule has 1 heterocycles. The molecule has 0 spiro atoms. The van der Waals surface area contributed by atoms with E-state index in [9.17, 15) is 8.42 Å².